The van der Waals surface area contributed by atoms with E-state index < -0.39 is 4.92 Å². The van der Waals surface area contributed by atoms with Gasteiger partial charge < -0.3 is 4.90 Å². The van der Waals surface area contributed by atoms with Crippen LogP contribution in [-0.2, 0) is 17.8 Å². The minimum atomic E-state index is -0.447. The maximum atomic E-state index is 12.2. The van der Waals surface area contributed by atoms with E-state index in [-0.39, 0.29) is 18.0 Å². The fraction of sp³-hybridized carbons (Fsp3) is 0.267. The smallest absolute Gasteiger partial charge is 0.269 e. The molecule has 0 saturated carbocycles. The summed E-state index contributed by atoms with van der Waals surface area (Å²) in [5.74, 6) is -0.00310. The summed E-state index contributed by atoms with van der Waals surface area (Å²) in [4.78, 5) is 25.2. The van der Waals surface area contributed by atoms with Crippen molar-refractivity contribution in [2.24, 2.45) is 0 Å². The first-order valence-electron chi connectivity index (χ1n) is 6.47. The van der Waals surface area contributed by atoms with E-state index in [2.05, 4.69) is 0 Å². The summed E-state index contributed by atoms with van der Waals surface area (Å²) in [6.07, 6.45) is 0.249. The van der Waals surface area contributed by atoms with Crippen LogP contribution in [-0.4, -0.2) is 22.8 Å². The van der Waals surface area contributed by atoms with Crippen LogP contribution in [0.3, 0.4) is 0 Å². The number of aryl methyl sites for hydroxylation is 1. The normalized spacial score (nSPS) is 10.4. The summed E-state index contributed by atoms with van der Waals surface area (Å²) in [6.45, 7) is 2.62. The Hall–Kier alpha value is -2.21. The molecule has 0 fully saturated rings. The molecule has 1 heterocycles. The van der Waals surface area contributed by atoms with E-state index in [9.17, 15) is 14.9 Å². The summed E-state index contributed by atoms with van der Waals surface area (Å²) in [6, 6.07) is 8.13. The van der Waals surface area contributed by atoms with Gasteiger partial charge in [-0.2, -0.15) is 0 Å². The highest BCUT2D eigenvalue weighted by Gasteiger charge is 2.13. The maximum absolute atomic E-state index is 12.2. The van der Waals surface area contributed by atoms with Gasteiger partial charge in [0.1, 0.15) is 0 Å². The summed E-state index contributed by atoms with van der Waals surface area (Å²) in [5, 5.41) is 12.6. The number of nitro benzene ring substituents is 1. The number of benzene rings is 1. The first-order chi connectivity index (χ1) is 9.97. The number of hydrogen-bond acceptors (Lipinski definition) is 4. The lowest BCUT2D eigenvalue weighted by atomic mass is 10.1. The van der Waals surface area contributed by atoms with E-state index in [1.54, 1.807) is 35.4 Å². The Bertz CT molecular complexity index is 649. The van der Waals surface area contributed by atoms with Gasteiger partial charge in [-0.15, -0.1) is 11.3 Å². The second-order valence-corrected chi connectivity index (χ2v) is 5.88. The molecule has 6 heteroatoms. The fourth-order valence-corrected chi connectivity index (χ4v) is 2.87. The Labute approximate surface area is 127 Å². The summed E-state index contributed by atoms with van der Waals surface area (Å²) < 4.78 is 0. The average Bonchev–Trinajstić information content (AvgIpc) is 2.84. The average molecular weight is 304 g/mol. The van der Waals surface area contributed by atoms with Crippen LogP contribution in [0, 0.1) is 17.0 Å². The molecular weight excluding hydrogens is 288 g/mol. The monoisotopic (exact) mass is 304 g/mol. The van der Waals surface area contributed by atoms with Gasteiger partial charge >= 0.3 is 0 Å². The number of hydrogen-bond donors (Lipinski definition) is 0. The highest BCUT2D eigenvalue weighted by atomic mass is 32.1. The van der Waals surface area contributed by atoms with Crippen LogP contribution in [0.4, 0.5) is 5.69 Å². The number of carbonyl (C=O) groups excluding carboxylic acids is 1. The Morgan fingerprint density at radius 2 is 1.95 bits per heavy atom. The van der Waals surface area contributed by atoms with Crippen LogP contribution < -0.4 is 0 Å². The lowest BCUT2D eigenvalue weighted by molar-refractivity contribution is -0.384. The van der Waals surface area contributed by atoms with Gasteiger partial charge in [-0.05, 0) is 29.5 Å². The third-order valence-electron chi connectivity index (χ3n) is 3.28. The van der Waals surface area contributed by atoms with Gasteiger partial charge in [0.25, 0.3) is 5.69 Å². The fourth-order valence-electron chi connectivity index (χ4n) is 1.91. The van der Waals surface area contributed by atoms with Crippen molar-refractivity contribution in [2.75, 3.05) is 7.05 Å². The molecule has 0 N–H and O–H groups in total. The van der Waals surface area contributed by atoms with Crippen LogP contribution in [0.15, 0.2) is 35.7 Å². The van der Waals surface area contributed by atoms with Crippen molar-refractivity contribution in [3.63, 3.8) is 0 Å². The van der Waals surface area contributed by atoms with Gasteiger partial charge in [0, 0.05) is 24.1 Å². The summed E-state index contributed by atoms with van der Waals surface area (Å²) in [7, 11) is 1.77. The van der Waals surface area contributed by atoms with E-state index in [1.165, 1.54) is 22.6 Å². The van der Waals surface area contributed by atoms with Gasteiger partial charge in [0.05, 0.1) is 17.9 Å². The van der Waals surface area contributed by atoms with E-state index in [0.29, 0.717) is 6.54 Å². The van der Waals surface area contributed by atoms with Gasteiger partial charge in [0.15, 0.2) is 0 Å². The van der Waals surface area contributed by atoms with E-state index >= 15 is 0 Å². The Morgan fingerprint density at radius 1 is 1.29 bits per heavy atom. The van der Waals surface area contributed by atoms with Crippen LogP contribution in [0.2, 0.25) is 0 Å². The molecule has 5 nitrogen and oxygen atoms in total. The van der Waals surface area contributed by atoms with Gasteiger partial charge in [-0.25, -0.2) is 0 Å². The SMILES string of the molecule is Cc1ccsc1CN(C)C(=O)Cc1ccc([N+](=O)[O-])cc1. The first-order valence-corrected chi connectivity index (χ1v) is 7.35. The number of nitrogens with zero attached hydrogens (tertiary/aromatic N) is 2. The number of non-ortho nitro benzene ring substituents is 1. The topological polar surface area (TPSA) is 63.5 Å². The standard InChI is InChI=1S/C15H16N2O3S/c1-11-7-8-21-14(11)10-16(2)15(18)9-12-3-5-13(6-4-12)17(19)20/h3-8H,9-10H2,1-2H3. The van der Waals surface area contributed by atoms with E-state index in [4.69, 9.17) is 0 Å². The maximum Gasteiger partial charge on any atom is 0.269 e. The molecule has 110 valence electrons. The molecule has 0 bridgehead atoms. The predicted octanol–water partition coefficient (Wildman–Crippen LogP) is 3.17. The van der Waals surface area contributed by atoms with Crippen LogP contribution in [0.5, 0.6) is 0 Å². The molecule has 1 amide bonds. The molecule has 0 unspecified atom stereocenters. The molecule has 2 aromatic rings. The van der Waals surface area contributed by atoms with Crippen LogP contribution in [0.1, 0.15) is 16.0 Å². The summed E-state index contributed by atoms with van der Waals surface area (Å²) in [5.41, 5.74) is 2.00. The van der Waals surface area contributed by atoms with Crippen molar-refractivity contribution in [1.29, 1.82) is 0 Å². The first kappa shape index (κ1) is 15.2. The third-order valence-corrected chi connectivity index (χ3v) is 4.28. The Balaban J connectivity index is 1.97. The predicted molar refractivity (Wildman–Crippen MR) is 82.3 cm³/mol. The largest absolute Gasteiger partial charge is 0.340 e. The second kappa shape index (κ2) is 6.49. The second-order valence-electron chi connectivity index (χ2n) is 4.88. The van der Waals surface area contributed by atoms with Gasteiger partial charge in [-0.1, -0.05) is 12.1 Å². The molecular formula is C15H16N2O3S. The van der Waals surface area contributed by atoms with Crippen molar-refractivity contribution in [3.05, 3.63) is 61.8 Å². The molecule has 0 aliphatic heterocycles. The van der Waals surface area contributed by atoms with Gasteiger partial charge in [0.2, 0.25) is 5.91 Å². The Morgan fingerprint density at radius 3 is 2.48 bits per heavy atom. The molecule has 2 rings (SSSR count). The van der Waals surface area contributed by atoms with Crippen LogP contribution in [0.25, 0.3) is 0 Å². The lowest BCUT2D eigenvalue weighted by Crippen LogP contribution is -2.27. The molecule has 0 aliphatic carbocycles. The highest BCUT2D eigenvalue weighted by molar-refractivity contribution is 7.10. The molecule has 0 atom stereocenters. The van der Waals surface area contributed by atoms with Crippen molar-refractivity contribution in [2.45, 2.75) is 19.9 Å². The minimum Gasteiger partial charge on any atom is -0.340 e. The molecule has 1 aromatic carbocycles. The van der Waals surface area contributed by atoms with Gasteiger partial charge in [-0.3, -0.25) is 14.9 Å². The molecule has 21 heavy (non-hydrogen) atoms. The zero-order valence-corrected chi connectivity index (χ0v) is 12.7. The number of amides is 1. The molecule has 0 radical (unpaired) electrons. The number of likely N-dealkylation sites (N-methyl/N-ethyl adjacent to an activating group) is 1. The molecule has 1 aromatic heterocycles. The van der Waals surface area contributed by atoms with Crippen molar-refractivity contribution in [1.82, 2.24) is 4.90 Å². The third kappa shape index (κ3) is 3.88. The molecule has 0 aliphatic rings. The zero-order chi connectivity index (χ0) is 15.4. The van der Waals surface area contributed by atoms with E-state index in [0.717, 1.165) is 5.56 Å². The molecule has 0 spiro atoms. The van der Waals surface area contributed by atoms with Crippen LogP contribution >= 0.6 is 11.3 Å². The zero-order valence-electron chi connectivity index (χ0n) is 11.9. The van der Waals surface area contributed by atoms with Crippen molar-refractivity contribution in [3.8, 4) is 0 Å². The lowest BCUT2D eigenvalue weighted by Gasteiger charge is -2.17. The highest BCUT2D eigenvalue weighted by Crippen LogP contribution is 2.18. The number of carbonyl (C=O) groups is 1. The van der Waals surface area contributed by atoms with Crippen molar-refractivity contribution < 1.29 is 9.72 Å². The van der Waals surface area contributed by atoms with E-state index in [1.807, 2.05) is 18.4 Å². The number of rotatable bonds is 5. The number of nitro groups is 1. The quantitative estimate of drug-likeness (QED) is 0.629. The molecule has 0 saturated heterocycles. The number of thiophene rings is 1. The Kier molecular flexibility index (Phi) is 4.70. The summed E-state index contributed by atoms with van der Waals surface area (Å²) >= 11 is 1.64. The minimum absolute atomic E-state index is 0.00310. The van der Waals surface area contributed by atoms with Crippen molar-refractivity contribution >= 4 is 22.9 Å².